The Bertz CT molecular complexity index is 685. The van der Waals surface area contributed by atoms with E-state index in [2.05, 4.69) is 15.5 Å². The number of rotatable bonds is 6. The van der Waals surface area contributed by atoms with Crippen molar-refractivity contribution in [1.29, 1.82) is 0 Å². The number of aliphatic hydroxyl groups is 1. The number of hydrogen-bond donors (Lipinski definition) is 3. The summed E-state index contributed by atoms with van der Waals surface area (Å²) >= 11 is 0. The van der Waals surface area contributed by atoms with Crippen molar-refractivity contribution in [2.24, 2.45) is 0 Å². The molecule has 0 radical (unpaired) electrons. The molecule has 0 aliphatic rings. The number of aliphatic hydroxyl groups excluding tert-OH is 1. The number of carbonyl (C=O) groups excluding carboxylic acids is 1. The van der Waals surface area contributed by atoms with Crippen LogP contribution in [-0.4, -0.2) is 27.7 Å². The van der Waals surface area contributed by atoms with E-state index in [4.69, 9.17) is 4.52 Å². The van der Waals surface area contributed by atoms with Crippen molar-refractivity contribution >= 4 is 5.91 Å². The summed E-state index contributed by atoms with van der Waals surface area (Å²) in [5, 5.41) is 16.4. The van der Waals surface area contributed by atoms with Crippen molar-refractivity contribution in [2.75, 3.05) is 6.54 Å². The fourth-order valence-electron chi connectivity index (χ4n) is 2.17. The molecule has 0 bridgehead atoms. The van der Waals surface area contributed by atoms with E-state index in [1.165, 1.54) is 6.07 Å². The fourth-order valence-corrected chi connectivity index (χ4v) is 2.17. The molecule has 22 heavy (non-hydrogen) atoms. The predicted molar refractivity (Wildman–Crippen MR) is 79.3 cm³/mol. The summed E-state index contributed by atoms with van der Waals surface area (Å²) in [4.78, 5) is 25.5. The Balaban J connectivity index is 1.82. The first-order chi connectivity index (χ1) is 10.5. The van der Waals surface area contributed by atoms with E-state index < -0.39 is 6.10 Å². The van der Waals surface area contributed by atoms with Gasteiger partial charge in [0.1, 0.15) is 11.9 Å². The van der Waals surface area contributed by atoms with Gasteiger partial charge in [0.05, 0.1) is 5.69 Å². The van der Waals surface area contributed by atoms with E-state index in [0.717, 1.165) is 11.3 Å². The summed E-state index contributed by atoms with van der Waals surface area (Å²) in [7, 11) is 0. The number of aryl methyl sites for hydroxylation is 2. The Morgan fingerprint density at radius 1 is 1.45 bits per heavy atom. The van der Waals surface area contributed by atoms with Crippen molar-refractivity contribution in [1.82, 2.24) is 15.5 Å². The maximum atomic E-state index is 11.8. The normalized spacial score (nSPS) is 12.1. The zero-order chi connectivity index (χ0) is 16.1. The van der Waals surface area contributed by atoms with Gasteiger partial charge in [0.15, 0.2) is 0 Å². The van der Waals surface area contributed by atoms with Crippen LogP contribution in [0.2, 0.25) is 0 Å². The molecule has 2 rings (SSSR count). The van der Waals surface area contributed by atoms with Crippen LogP contribution in [0.4, 0.5) is 0 Å². The van der Waals surface area contributed by atoms with Gasteiger partial charge in [-0.1, -0.05) is 11.2 Å². The van der Waals surface area contributed by atoms with E-state index in [9.17, 15) is 14.7 Å². The van der Waals surface area contributed by atoms with E-state index in [1.807, 2.05) is 13.8 Å². The molecule has 0 saturated heterocycles. The second-order valence-corrected chi connectivity index (χ2v) is 5.09. The van der Waals surface area contributed by atoms with Gasteiger partial charge in [0.2, 0.25) is 11.5 Å². The molecule has 0 spiro atoms. The zero-order valence-electron chi connectivity index (χ0n) is 12.5. The van der Waals surface area contributed by atoms with Crippen molar-refractivity contribution in [2.45, 2.75) is 32.8 Å². The number of H-pyrrole nitrogens is 1. The molecular formula is C15H19N3O4. The molecule has 7 nitrogen and oxygen atoms in total. The van der Waals surface area contributed by atoms with Crippen LogP contribution in [0.1, 0.15) is 35.2 Å². The molecule has 1 amide bonds. The highest BCUT2D eigenvalue weighted by atomic mass is 16.5. The number of nitrogens with one attached hydrogen (secondary N) is 2. The summed E-state index contributed by atoms with van der Waals surface area (Å²) in [6.45, 7) is 3.68. The Labute approximate surface area is 127 Å². The standard InChI is InChI=1S/C15H19N3O4/c1-9-11(10(2)22-18-9)6-7-14(20)16-8-13(19)12-4-3-5-15(21)17-12/h3-5,13,19H,6-8H2,1-2H3,(H,16,20)(H,17,21). The lowest BCUT2D eigenvalue weighted by atomic mass is 10.1. The Morgan fingerprint density at radius 3 is 2.86 bits per heavy atom. The summed E-state index contributed by atoms with van der Waals surface area (Å²) < 4.78 is 5.04. The fraction of sp³-hybridized carbons (Fsp3) is 0.400. The highest BCUT2D eigenvalue weighted by Gasteiger charge is 2.13. The molecule has 1 unspecified atom stereocenters. The van der Waals surface area contributed by atoms with Crippen LogP contribution in [-0.2, 0) is 11.2 Å². The van der Waals surface area contributed by atoms with Crippen LogP contribution in [0.25, 0.3) is 0 Å². The third-order valence-corrected chi connectivity index (χ3v) is 3.43. The minimum Gasteiger partial charge on any atom is -0.385 e. The van der Waals surface area contributed by atoms with Gasteiger partial charge in [-0.3, -0.25) is 9.59 Å². The topological polar surface area (TPSA) is 108 Å². The molecule has 0 fully saturated rings. The second kappa shape index (κ2) is 7.04. The third-order valence-electron chi connectivity index (χ3n) is 3.43. The summed E-state index contributed by atoms with van der Waals surface area (Å²) in [5.74, 6) is 0.532. The second-order valence-electron chi connectivity index (χ2n) is 5.09. The summed E-state index contributed by atoms with van der Waals surface area (Å²) in [5.41, 5.74) is 1.80. The number of pyridine rings is 1. The number of hydrogen-bond acceptors (Lipinski definition) is 5. The van der Waals surface area contributed by atoms with E-state index in [1.54, 1.807) is 12.1 Å². The van der Waals surface area contributed by atoms with Crippen LogP contribution in [0, 0.1) is 13.8 Å². The highest BCUT2D eigenvalue weighted by Crippen LogP contribution is 2.14. The first-order valence-corrected chi connectivity index (χ1v) is 7.03. The molecule has 0 saturated carbocycles. The quantitative estimate of drug-likeness (QED) is 0.730. The monoisotopic (exact) mass is 305 g/mol. The van der Waals surface area contributed by atoms with Crippen LogP contribution < -0.4 is 10.9 Å². The van der Waals surface area contributed by atoms with E-state index in [0.29, 0.717) is 17.9 Å². The molecule has 1 atom stereocenters. The largest absolute Gasteiger partial charge is 0.385 e. The van der Waals surface area contributed by atoms with Crippen molar-refractivity contribution in [3.8, 4) is 0 Å². The molecule has 3 N–H and O–H groups in total. The van der Waals surface area contributed by atoms with E-state index in [-0.39, 0.29) is 24.4 Å². The molecule has 0 aliphatic heterocycles. The lowest BCUT2D eigenvalue weighted by Crippen LogP contribution is -2.29. The van der Waals surface area contributed by atoms with Crippen molar-refractivity contribution in [3.05, 3.63) is 51.3 Å². The average Bonchev–Trinajstić information content (AvgIpc) is 2.81. The molecular weight excluding hydrogens is 286 g/mol. The maximum absolute atomic E-state index is 11.8. The number of carbonyl (C=O) groups is 1. The number of amides is 1. The van der Waals surface area contributed by atoms with Crippen molar-refractivity contribution < 1.29 is 14.4 Å². The van der Waals surface area contributed by atoms with Gasteiger partial charge in [0.25, 0.3) is 0 Å². The molecule has 2 aromatic heterocycles. The first kappa shape index (κ1) is 16.0. The third kappa shape index (κ3) is 4.05. The lowest BCUT2D eigenvalue weighted by molar-refractivity contribution is -0.121. The average molecular weight is 305 g/mol. The highest BCUT2D eigenvalue weighted by molar-refractivity contribution is 5.76. The minimum absolute atomic E-state index is 0.0421. The van der Waals surface area contributed by atoms with Gasteiger partial charge in [-0.15, -0.1) is 0 Å². The summed E-state index contributed by atoms with van der Waals surface area (Å²) in [6, 6.07) is 4.51. The zero-order valence-corrected chi connectivity index (χ0v) is 12.5. The maximum Gasteiger partial charge on any atom is 0.248 e. The van der Waals surface area contributed by atoms with Gasteiger partial charge >= 0.3 is 0 Å². The molecule has 7 heteroatoms. The van der Waals surface area contributed by atoms with Crippen LogP contribution in [0.3, 0.4) is 0 Å². The predicted octanol–water partition coefficient (Wildman–Crippen LogP) is 0.762. The molecule has 118 valence electrons. The van der Waals surface area contributed by atoms with Crippen LogP contribution in [0.5, 0.6) is 0 Å². The summed E-state index contributed by atoms with van der Waals surface area (Å²) in [6.07, 6.45) is -0.136. The molecule has 2 aromatic rings. The Kier molecular flexibility index (Phi) is 5.11. The first-order valence-electron chi connectivity index (χ1n) is 7.03. The van der Waals surface area contributed by atoms with Gasteiger partial charge < -0.3 is 19.9 Å². The molecule has 2 heterocycles. The van der Waals surface area contributed by atoms with Gasteiger partial charge in [-0.2, -0.15) is 0 Å². The minimum atomic E-state index is -0.947. The molecule has 0 aromatic carbocycles. The van der Waals surface area contributed by atoms with Crippen LogP contribution in [0.15, 0.2) is 27.5 Å². The molecule has 0 aliphatic carbocycles. The number of aromatic amines is 1. The number of nitrogens with zero attached hydrogens (tertiary/aromatic N) is 1. The SMILES string of the molecule is Cc1noc(C)c1CCC(=O)NCC(O)c1cccc(=O)[nH]1. The van der Waals surface area contributed by atoms with Crippen LogP contribution >= 0.6 is 0 Å². The van der Waals surface area contributed by atoms with Crippen molar-refractivity contribution in [3.63, 3.8) is 0 Å². The Hall–Kier alpha value is -2.41. The van der Waals surface area contributed by atoms with Gasteiger partial charge in [0, 0.05) is 30.3 Å². The van der Waals surface area contributed by atoms with Gasteiger partial charge in [-0.05, 0) is 26.3 Å². The number of aromatic nitrogens is 2. The lowest BCUT2D eigenvalue weighted by Gasteiger charge is -2.11. The van der Waals surface area contributed by atoms with E-state index >= 15 is 0 Å². The smallest absolute Gasteiger partial charge is 0.248 e. The Morgan fingerprint density at radius 2 is 2.23 bits per heavy atom. The van der Waals surface area contributed by atoms with Gasteiger partial charge in [-0.25, -0.2) is 0 Å².